The van der Waals surface area contributed by atoms with E-state index >= 15 is 0 Å². The Morgan fingerprint density at radius 1 is 0.818 bits per heavy atom. The van der Waals surface area contributed by atoms with Gasteiger partial charge in [0.25, 0.3) is 0 Å². The number of nitrogens with one attached hydrogen (secondary N) is 1. The second kappa shape index (κ2) is 22.2. The molecule has 198 valence electrons. The highest BCUT2D eigenvalue weighted by Crippen LogP contribution is 2.43. The van der Waals surface area contributed by atoms with Crippen molar-refractivity contribution in [2.24, 2.45) is 5.92 Å². The SMILES string of the molecule is CCCCCCCCCCCCCCCCC(COP(=O)(O)OCC[NH+](C)C)CC(=O)CC. The average molecular weight is 493 g/mol. The van der Waals surface area contributed by atoms with Crippen molar-refractivity contribution in [3.8, 4) is 0 Å². The number of Topliss-reactive ketones (excluding diaryl/α,β-unsaturated/α-hetero) is 1. The number of ketones is 1. The van der Waals surface area contributed by atoms with Gasteiger partial charge in [0.1, 0.15) is 18.9 Å². The lowest BCUT2D eigenvalue weighted by molar-refractivity contribution is -0.858. The van der Waals surface area contributed by atoms with Crippen molar-refractivity contribution in [1.82, 2.24) is 0 Å². The zero-order valence-electron chi connectivity index (χ0n) is 22.2. The summed E-state index contributed by atoms with van der Waals surface area (Å²) in [4.78, 5) is 22.9. The second-order valence-electron chi connectivity index (χ2n) is 9.90. The summed E-state index contributed by atoms with van der Waals surface area (Å²) >= 11 is 0. The molecule has 0 saturated heterocycles. The van der Waals surface area contributed by atoms with Crippen molar-refractivity contribution in [3.63, 3.8) is 0 Å². The van der Waals surface area contributed by atoms with Gasteiger partial charge < -0.3 is 9.79 Å². The third-order valence-corrected chi connectivity index (χ3v) is 7.19. The van der Waals surface area contributed by atoms with Gasteiger partial charge in [-0.05, 0) is 12.3 Å². The highest BCUT2D eigenvalue weighted by atomic mass is 31.2. The van der Waals surface area contributed by atoms with Crippen molar-refractivity contribution in [1.29, 1.82) is 0 Å². The van der Waals surface area contributed by atoms with Crippen molar-refractivity contribution < 1.29 is 28.2 Å². The van der Waals surface area contributed by atoms with Gasteiger partial charge in [-0.25, -0.2) is 4.57 Å². The fraction of sp³-hybridized carbons (Fsp3) is 0.962. The van der Waals surface area contributed by atoms with Crippen molar-refractivity contribution in [2.75, 3.05) is 33.9 Å². The Labute approximate surface area is 204 Å². The van der Waals surface area contributed by atoms with E-state index in [-0.39, 0.29) is 24.9 Å². The largest absolute Gasteiger partial charge is 0.472 e. The van der Waals surface area contributed by atoms with Gasteiger partial charge in [-0.1, -0.05) is 104 Å². The average Bonchev–Trinajstić information content (AvgIpc) is 2.77. The number of unbranched alkanes of at least 4 members (excludes halogenated alkanes) is 13. The van der Waals surface area contributed by atoms with Crippen LogP contribution in [0.1, 0.15) is 123 Å². The molecule has 0 aliphatic rings. The van der Waals surface area contributed by atoms with Crippen LogP contribution in [0.3, 0.4) is 0 Å². The quantitative estimate of drug-likeness (QED) is 0.119. The van der Waals surface area contributed by atoms with Crippen LogP contribution in [0.2, 0.25) is 0 Å². The number of quaternary nitrogens is 1. The van der Waals surface area contributed by atoms with Crippen LogP contribution in [0, 0.1) is 5.92 Å². The maximum atomic E-state index is 12.1. The van der Waals surface area contributed by atoms with E-state index < -0.39 is 7.82 Å². The maximum Gasteiger partial charge on any atom is 0.472 e. The third-order valence-electron chi connectivity index (χ3n) is 6.21. The number of hydrogen-bond acceptors (Lipinski definition) is 4. The molecule has 0 aromatic carbocycles. The van der Waals surface area contributed by atoms with Crippen LogP contribution in [0.4, 0.5) is 0 Å². The number of rotatable bonds is 25. The summed E-state index contributed by atoms with van der Waals surface area (Å²) in [6.07, 6.45) is 20.2. The van der Waals surface area contributed by atoms with E-state index in [4.69, 9.17) is 9.05 Å². The first kappa shape index (κ1) is 32.7. The molecule has 0 aliphatic carbocycles. The van der Waals surface area contributed by atoms with Crippen LogP contribution in [-0.2, 0) is 18.4 Å². The van der Waals surface area contributed by atoms with Crippen LogP contribution in [0.25, 0.3) is 0 Å². The van der Waals surface area contributed by atoms with Gasteiger partial charge in [-0.3, -0.25) is 13.8 Å². The minimum absolute atomic E-state index is 0.0154. The standard InChI is InChI=1S/C26H54NO5P/c1-5-7-8-9-10-11-12-13-14-15-16-17-18-19-20-25(23-26(28)6-2)24-32-33(29,30)31-22-21-27(3)4/h25H,5-24H2,1-4H3,(H,29,30)/p+1. The fourth-order valence-electron chi connectivity index (χ4n) is 3.94. The summed E-state index contributed by atoms with van der Waals surface area (Å²) in [7, 11) is -0.145. The van der Waals surface area contributed by atoms with Crippen molar-refractivity contribution in [2.45, 2.75) is 123 Å². The lowest BCUT2D eigenvalue weighted by atomic mass is 9.95. The van der Waals surface area contributed by atoms with Gasteiger partial charge >= 0.3 is 7.82 Å². The molecule has 0 aromatic rings. The number of carbonyl (C=O) groups excluding carboxylic acids is 1. The lowest BCUT2D eigenvalue weighted by Crippen LogP contribution is -3.06. The lowest BCUT2D eigenvalue weighted by Gasteiger charge is -2.19. The Morgan fingerprint density at radius 2 is 1.30 bits per heavy atom. The predicted octanol–water partition coefficient (Wildman–Crippen LogP) is 6.12. The molecule has 0 rings (SSSR count). The molecule has 0 aliphatic heterocycles. The molecule has 2 N–H and O–H groups in total. The van der Waals surface area contributed by atoms with E-state index in [2.05, 4.69) is 6.92 Å². The van der Waals surface area contributed by atoms with E-state index in [0.29, 0.717) is 19.4 Å². The predicted molar refractivity (Wildman–Crippen MR) is 138 cm³/mol. The molecule has 6 nitrogen and oxygen atoms in total. The van der Waals surface area contributed by atoms with Crippen molar-refractivity contribution >= 4 is 13.6 Å². The number of hydrogen-bond donors (Lipinski definition) is 2. The smallest absolute Gasteiger partial charge is 0.338 e. The number of likely N-dealkylation sites (N-methyl/N-ethyl adjacent to an activating group) is 1. The van der Waals surface area contributed by atoms with E-state index in [1.807, 2.05) is 21.0 Å². The van der Waals surface area contributed by atoms with E-state index in [0.717, 1.165) is 24.2 Å². The zero-order chi connectivity index (χ0) is 24.8. The van der Waals surface area contributed by atoms with Crippen LogP contribution in [-0.4, -0.2) is 44.5 Å². The Hall–Kier alpha value is -0.260. The molecule has 0 spiro atoms. The first-order chi connectivity index (χ1) is 15.8. The Balaban J connectivity index is 3.89. The van der Waals surface area contributed by atoms with Crippen LogP contribution in [0.5, 0.6) is 0 Å². The molecule has 0 fully saturated rings. The summed E-state index contributed by atoms with van der Waals surface area (Å²) < 4.78 is 22.3. The fourth-order valence-corrected chi connectivity index (χ4v) is 4.74. The minimum atomic E-state index is -4.05. The third kappa shape index (κ3) is 23.3. The Kier molecular flexibility index (Phi) is 22.0. The highest BCUT2D eigenvalue weighted by Gasteiger charge is 2.24. The number of carbonyl (C=O) groups is 1. The first-order valence-electron chi connectivity index (χ1n) is 13.7. The van der Waals surface area contributed by atoms with Gasteiger partial charge in [-0.2, -0.15) is 0 Å². The molecular weight excluding hydrogens is 437 g/mol. The van der Waals surface area contributed by atoms with Crippen LogP contribution >= 0.6 is 7.82 Å². The molecule has 0 aromatic heterocycles. The molecule has 33 heavy (non-hydrogen) atoms. The van der Waals surface area contributed by atoms with E-state index in [1.165, 1.54) is 77.0 Å². The molecule has 0 saturated carbocycles. The van der Waals surface area contributed by atoms with Gasteiger partial charge in [0.15, 0.2) is 0 Å². The topological polar surface area (TPSA) is 77.3 Å². The molecule has 0 amide bonds. The van der Waals surface area contributed by atoms with E-state index in [1.54, 1.807) is 0 Å². The van der Waals surface area contributed by atoms with Gasteiger partial charge in [0.2, 0.25) is 0 Å². The summed E-state index contributed by atoms with van der Waals surface area (Å²) in [6, 6.07) is 0. The number of phosphoric ester groups is 1. The van der Waals surface area contributed by atoms with Crippen molar-refractivity contribution in [3.05, 3.63) is 0 Å². The van der Waals surface area contributed by atoms with Gasteiger partial charge in [0, 0.05) is 12.8 Å². The minimum Gasteiger partial charge on any atom is -0.338 e. The normalized spacial score (nSPS) is 14.5. The summed E-state index contributed by atoms with van der Waals surface area (Å²) in [5.41, 5.74) is 0. The summed E-state index contributed by atoms with van der Waals surface area (Å²) in [6.45, 7) is 5.03. The van der Waals surface area contributed by atoms with Gasteiger partial charge in [0.05, 0.1) is 20.7 Å². The van der Waals surface area contributed by atoms with Gasteiger partial charge in [-0.15, -0.1) is 0 Å². The Bertz CT molecular complexity index is 501. The van der Waals surface area contributed by atoms with E-state index in [9.17, 15) is 14.3 Å². The molecular formula is C26H55NO5P+. The molecule has 0 radical (unpaired) electrons. The second-order valence-corrected chi connectivity index (χ2v) is 11.4. The summed E-state index contributed by atoms with van der Waals surface area (Å²) in [5.74, 6) is 0.164. The molecule has 7 heteroatoms. The summed E-state index contributed by atoms with van der Waals surface area (Å²) in [5, 5.41) is 0. The Morgan fingerprint density at radius 3 is 1.76 bits per heavy atom. The maximum absolute atomic E-state index is 12.1. The molecule has 0 bridgehead atoms. The first-order valence-corrected chi connectivity index (χ1v) is 15.2. The molecule has 0 heterocycles. The number of phosphoric acid groups is 1. The zero-order valence-corrected chi connectivity index (χ0v) is 23.1. The molecule has 2 atom stereocenters. The van der Waals surface area contributed by atoms with Crippen LogP contribution in [0.15, 0.2) is 0 Å². The van der Waals surface area contributed by atoms with Crippen LogP contribution < -0.4 is 4.90 Å². The molecule has 2 unspecified atom stereocenters. The highest BCUT2D eigenvalue weighted by molar-refractivity contribution is 7.47. The monoisotopic (exact) mass is 492 g/mol.